The van der Waals surface area contributed by atoms with Gasteiger partial charge in [0.15, 0.2) is 0 Å². The average Bonchev–Trinajstić information content (AvgIpc) is 3.28. The number of likely N-dealkylation sites (tertiary alicyclic amines) is 1. The lowest BCUT2D eigenvalue weighted by atomic mass is 10.1. The summed E-state index contributed by atoms with van der Waals surface area (Å²) in [4.78, 5) is 26.9. The first-order valence-corrected chi connectivity index (χ1v) is 9.29. The van der Waals surface area contributed by atoms with Crippen LogP contribution in [0, 0.1) is 0 Å². The van der Waals surface area contributed by atoms with Crippen molar-refractivity contribution in [1.82, 2.24) is 10.2 Å². The number of benzene rings is 1. The van der Waals surface area contributed by atoms with E-state index in [0.29, 0.717) is 24.6 Å². The van der Waals surface area contributed by atoms with E-state index in [1.165, 1.54) is 12.8 Å². The molecule has 0 aromatic heterocycles. The van der Waals surface area contributed by atoms with Crippen molar-refractivity contribution in [2.45, 2.75) is 57.5 Å². The fraction of sp³-hybridized carbons (Fsp3) is 0.579. The summed E-state index contributed by atoms with van der Waals surface area (Å²) in [6.45, 7) is 3.04. The van der Waals surface area contributed by atoms with Crippen molar-refractivity contribution in [3.8, 4) is 5.75 Å². The molecule has 1 unspecified atom stereocenters. The molecule has 1 saturated carbocycles. The summed E-state index contributed by atoms with van der Waals surface area (Å²) in [7, 11) is 0. The van der Waals surface area contributed by atoms with Gasteiger partial charge in [-0.1, -0.05) is 25.0 Å². The third-order valence-electron chi connectivity index (χ3n) is 4.95. The minimum atomic E-state index is -0.375. The molecule has 3 amide bonds. The molecule has 3 rings (SSSR count). The second-order valence-corrected chi connectivity index (χ2v) is 6.70. The molecular weight excluding hydrogens is 318 g/mol. The van der Waals surface area contributed by atoms with E-state index in [-0.39, 0.29) is 24.0 Å². The maximum absolute atomic E-state index is 12.7. The minimum absolute atomic E-state index is 0.0161. The zero-order valence-electron chi connectivity index (χ0n) is 14.8. The molecule has 6 heteroatoms. The smallest absolute Gasteiger partial charge is 0.322 e. The Morgan fingerprint density at radius 3 is 2.68 bits per heavy atom. The van der Waals surface area contributed by atoms with Gasteiger partial charge in [-0.15, -0.1) is 0 Å². The van der Waals surface area contributed by atoms with Crippen LogP contribution < -0.4 is 15.4 Å². The van der Waals surface area contributed by atoms with E-state index in [1.807, 2.05) is 31.2 Å². The lowest BCUT2D eigenvalue weighted by Gasteiger charge is -2.26. The number of anilines is 1. The molecule has 2 fully saturated rings. The Balaban J connectivity index is 1.63. The van der Waals surface area contributed by atoms with E-state index in [0.717, 1.165) is 25.7 Å². The van der Waals surface area contributed by atoms with Crippen molar-refractivity contribution in [3.63, 3.8) is 0 Å². The van der Waals surface area contributed by atoms with E-state index in [4.69, 9.17) is 4.74 Å². The van der Waals surface area contributed by atoms with Crippen molar-refractivity contribution in [2.75, 3.05) is 18.5 Å². The number of hydrogen-bond donors (Lipinski definition) is 2. The number of carbonyl (C=O) groups excluding carboxylic acids is 2. The Morgan fingerprint density at radius 1 is 1.16 bits per heavy atom. The first-order valence-electron chi connectivity index (χ1n) is 9.29. The maximum atomic E-state index is 12.7. The zero-order valence-corrected chi connectivity index (χ0v) is 14.8. The lowest BCUT2D eigenvalue weighted by molar-refractivity contribution is -0.125. The summed E-state index contributed by atoms with van der Waals surface area (Å²) in [5, 5.41) is 6.01. The Labute approximate surface area is 148 Å². The lowest BCUT2D eigenvalue weighted by Crippen LogP contribution is -2.49. The average molecular weight is 345 g/mol. The van der Waals surface area contributed by atoms with Gasteiger partial charge in [-0.3, -0.25) is 4.79 Å². The SMILES string of the molecule is CCOc1ccccc1NC(=O)N1CCCC1C(=O)NC1CCCC1. The number of hydrogen-bond acceptors (Lipinski definition) is 3. The molecule has 1 aromatic rings. The van der Waals surface area contributed by atoms with Gasteiger partial charge in [0.05, 0.1) is 12.3 Å². The first-order chi connectivity index (χ1) is 12.2. The topological polar surface area (TPSA) is 70.7 Å². The number of carbonyl (C=O) groups is 2. The van der Waals surface area contributed by atoms with Crippen LogP contribution in [0.25, 0.3) is 0 Å². The number of para-hydroxylation sites is 2. The number of nitrogens with one attached hydrogen (secondary N) is 2. The summed E-state index contributed by atoms with van der Waals surface area (Å²) >= 11 is 0. The molecule has 2 aliphatic rings. The highest BCUT2D eigenvalue weighted by molar-refractivity contribution is 5.95. The molecule has 1 saturated heterocycles. The summed E-state index contributed by atoms with van der Waals surface area (Å²) in [6.07, 6.45) is 6.02. The van der Waals surface area contributed by atoms with Gasteiger partial charge in [-0.25, -0.2) is 4.79 Å². The second-order valence-electron chi connectivity index (χ2n) is 6.70. The highest BCUT2D eigenvalue weighted by Crippen LogP contribution is 2.26. The molecule has 25 heavy (non-hydrogen) atoms. The molecule has 6 nitrogen and oxygen atoms in total. The molecule has 0 bridgehead atoms. The van der Waals surface area contributed by atoms with Crippen LogP contribution in [0.3, 0.4) is 0 Å². The number of ether oxygens (including phenoxy) is 1. The Hall–Kier alpha value is -2.24. The van der Waals surface area contributed by atoms with Crippen molar-refractivity contribution in [1.29, 1.82) is 0 Å². The first kappa shape index (κ1) is 17.6. The van der Waals surface area contributed by atoms with Crippen molar-refractivity contribution < 1.29 is 14.3 Å². The number of rotatable bonds is 5. The molecule has 1 heterocycles. The highest BCUT2D eigenvalue weighted by Gasteiger charge is 2.35. The van der Waals surface area contributed by atoms with Crippen LogP contribution in [-0.2, 0) is 4.79 Å². The van der Waals surface area contributed by atoms with Crippen molar-refractivity contribution in [2.24, 2.45) is 0 Å². The molecule has 2 N–H and O–H groups in total. The Morgan fingerprint density at radius 2 is 1.92 bits per heavy atom. The van der Waals surface area contributed by atoms with Crippen LogP contribution in [0.5, 0.6) is 5.75 Å². The molecule has 0 spiro atoms. The summed E-state index contributed by atoms with van der Waals surface area (Å²) in [5.74, 6) is 0.627. The van der Waals surface area contributed by atoms with Crippen LogP contribution in [0.1, 0.15) is 45.4 Å². The largest absolute Gasteiger partial charge is 0.492 e. The van der Waals surface area contributed by atoms with Crippen molar-refractivity contribution in [3.05, 3.63) is 24.3 Å². The molecule has 136 valence electrons. The molecule has 1 aliphatic carbocycles. The third-order valence-corrected chi connectivity index (χ3v) is 4.95. The van der Waals surface area contributed by atoms with Crippen LogP contribution >= 0.6 is 0 Å². The summed E-state index contributed by atoms with van der Waals surface area (Å²) in [5.41, 5.74) is 0.635. The minimum Gasteiger partial charge on any atom is -0.492 e. The fourth-order valence-electron chi connectivity index (χ4n) is 3.69. The van der Waals surface area contributed by atoms with E-state index in [9.17, 15) is 9.59 Å². The van der Waals surface area contributed by atoms with E-state index < -0.39 is 0 Å². The second kappa shape index (κ2) is 8.23. The van der Waals surface area contributed by atoms with Crippen LogP contribution in [0.4, 0.5) is 10.5 Å². The predicted molar refractivity (Wildman–Crippen MR) is 96.8 cm³/mol. The Kier molecular flexibility index (Phi) is 5.79. The van der Waals surface area contributed by atoms with Gasteiger partial charge >= 0.3 is 6.03 Å². The van der Waals surface area contributed by atoms with Gasteiger partial charge in [0.2, 0.25) is 5.91 Å². The zero-order chi connectivity index (χ0) is 17.6. The van der Waals surface area contributed by atoms with Gasteiger partial charge in [0.1, 0.15) is 11.8 Å². The third kappa shape index (κ3) is 4.24. The summed E-state index contributed by atoms with van der Waals surface area (Å²) in [6, 6.07) is 7.02. The van der Waals surface area contributed by atoms with Crippen LogP contribution in [-0.4, -0.2) is 42.1 Å². The van der Waals surface area contributed by atoms with E-state index in [2.05, 4.69) is 10.6 Å². The maximum Gasteiger partial charge on any atom is 0.322 e. The predicted octanol–water partition coefficient (Wildman–Crippen LogP) is 3.14. The number of amides is 3. The highest BCUT2D eigenvalue weighted by atomic mass is 16.5. The standard InChI is InChI=1S/C19H27N3O3/c1-2-25-17-12-6-5-10-15(17)21-19(24)22-13-7-11-16(22)18(23)20-14-8-3-4-9-14/h5-6,10,12,14,16H,2-4,7-9,11,13H2,1H3,(H,20,23)(H,21,24). The number of urea groups is 1. The normalized spacial score (nSPS) is 20.5. The van der Waals surface area contributed by atoms with Gasteiger partial charge in [0, 0.05) is 12.6 Å². The van der Waals surface area contributed by atoms with Gasteiger partial charge in [-0.05, 0) is 44.7 Å². The molecule has 1 atom stereocenters. The van der Waals surface area contributed by atoms with E-state index in [1.54, 1.807) is 4.90 Å². The van der Waals surface area contributed by atoms with Gasteiger partial charge in [-0.2, -0.15) is 0 Å². The molecule has 1 aromatic carbocycles. The molecule has 1 aliphatic heterocycles. The number of nitrogens with zero attached hydrogens (tertiary/aromatic N) is 1. The Bertz CT molecular complexity index is 614. The van der Waals surface area contributed by atoms with Gasteiger partial charge in [0.25, 0.3) is 0 Å². The molecule has 0 radical (unpaired) electrons. The summed E-state index contributed by atoms with van der Waals surface area (Å²) < 4.78 is 5.55. The van der Waals surface area contributed by atoms with Gasteiger partial charge < -0.3 is 20.3 Å². The van der Waals surface area contributed by atoms with Crippen molar-refractivity contribution >= 4 is 17.6 Å². The fourth-order valence-corrected chi connectivity index (χ4v) is 3.69. The van der Waals surface area contributed by atoms with Crippen LogP contribution in [0.15, 0.2) is 24.3 Å². The molecular formula is C19H27N3O3. The monoisotopic (exact) mass is 345 g/mol. The van der Waals surface area contributed by atoms with E-state index >= 15 is 0 Å². The van der Waals surface area contributed by atoms with Crippen LogP contribution in [0.2, 0.25) is 0 Å². The quantitative estimate of drug-likeness (QED) is 0.861.